The fourth-order valence-electron chi connectivity index (χ4n) is 2.59. The van der Waals surface area contributed by atoms with Crippen LogP contribution in [-0.4, -0.2) is 45.7 Å². The number of ether oxygens (including phenoxy) is 1. The molecule has 21 heavy (non-hydrogen) atoms. The van der Waals surface area contributed by atoms with E-state index in [0.717, 1.165) is 0 Å². The van der Waals surface area contributed by atoms with E-state index in [1.165, 1.54) is 11.8 Å². The van der Waals surface area contributed by atoms with Crippen molar-refractivity contribution < 1.29 is 19.4 Å². The van der Waals surface area contributed by atoms with Gasteiger partial charge in [-0.05, 0) is 6.92 Å². The fourth-order valence-corrected chi connectivity index (χ4v) is 3.23. The number of nitrogens with one attached hydrogen (secondary N) is 1. The minimum atomic E-state index is -1.23. The van der Waals surface area contributed by atoms with Crippen LogP contribution in [0.2, 0.25) is 0 Å². The van der Waals surface area contributed by atoms with E-state index in [2.05, 4.69) is 5.32 Å². The third-order valence-electron chi connectivity index (χ3n) is 4.12. The Morgan fingerprint density at radius 1 is 1.38 bits per heavy atom. The molecule has 0 bridgehead atoms. The number of carbonyl (C=O) groups excluding carboxylic acids is 1. The largest absolute Gasteiger partial charge is 0.479 e. The summed E-state index contributed by atoms with van der Waals surface area (Å²) in [5.74, 6) is -0.966. The summed E-state index contributed by atoms with van der Waals surface area (Å²) < 4.78 is 5.54. The number of aliphatic carboxylic acids is 1. The standard InChI is InChI=1S/C15H27NO4S/c1-7-20-10-8-15(12(18)19,14(10,5)6)16-11(17)9-21-13(2,3)4/h10H,7-9H2,1-6H3,(H,16,17)(H,18,19). The maximum absolute atomic E-state index is 12.1. The molecule has 1 aliphatic rings. The molecular formula is C15H27NO4S. The molecule has 0 radical (unpaired) electrons. The average molecular weight is 317 g/mol. The lowest BCUT2D eigenvalue weighted by Gasteiger charge is -2.58. The van der Waals surface area contributed by atoms with E-state index in [1.807, 2.05) is 41.5 Å². The van der Waals surface area contributed by atoms with Crippen LogP contribution in [0.15, 0.2) is 0 Å². The van der Waals surface area contributed by atoms with E-state index >= 15 is 0 Å². The van der Waals surface area contributed by atoms with Gasteiger partial charge in [0.25, 0.3) is 0 Å². The molecule has 0 aromatic rings. The van der Waals surface area contributed by atoms with Crippen LogP contribution < -0.4 is 5.32 Å². The van der Waals surface area contributed by atoms with E-state index < -0.39 is 16.9 Å². The number of carboxylic acids is 1. The van der Waals surface area contributed by atoms with Gasteiger partial charge in [0.15, 0.2) is 0 Å². The summed E-state index contributed by atoms with van der Waals surface area (Å²) in [5.41, 5.74) is -1.86. The molecule has 1 rings (SSSR count). The molecule has 2 atom stereocenters. The number of carboxylic acid groups (broad SMARTS) is 1. The van der Waals surface area contributed by atoms with Crippen molar-refractivity contribution in [1.29, 1.82) is 0 Å². The van der Waals surface area contributed by atoms with Crippen molar-refractivity contribution in [3.8, 4) is 0 Å². The molecule has 1 amide bonds. The Labute approximate surface area is 131 Å². The first-order chi connectivity index (χ1) is 9.46. The summed E-state index contributed by atoms with van der Waals surface area (Å²) in [6.07, 6.45) is 0.170. The number of carbonyl (C=O) groups is 2. The summed E-state index contributed by atoms with van der Waals surface area (Å²) in [4.78, 5) is 23.8. The molecule has 5 nitrogen and oxygen atoms in total. The highest BCUT2D eigenvalue weighted by Crippen LogP contribution is 2.51. The number of amides is 1. The minimum Gasteiger partial charge on any atom is -0.479 e. The predicted octanol–water partition coefficient (Wildman–Crippen LogP) is 2.29. The Balaban J connectivity index is 2.76. The molecule has 0 heterocycles. The Morgan fingerprint density at radius 2 is 1.95 bits per heavy atom. The maximum Gasteiger partial charge on any atom is 0.330 e. The average Bonchev–Trinajstić information content (AvgIpc) is 2.33. The van der Waals surface area contributed by atoms with Gasteiger partial charge in [-0.25, -0.2) is 4.79 Å². The van der Waals surface area contributed by atoms with Gasteiger partial charge in [-0.15, -0.1) is 11.8 Å². The number of thioether (sulfide) groups is 1. The van der Waals surface area contributed by atoms with Crippen molar-refractivity contribution in [2.45, 2.75) is 64.4 Å². The fraction of sp³-hybridized carbons (Fsp3) is 0.867. The van der Waals surface area contributed by atoms with Gasteiger partial charge in [-0.3, -0.25) is 4.79 Å². The van der Waals surface area contributed by atoms with Gasteiger partial charge in [0, 0.05) is 23.2 Å². The molecule has 1 aliphatic carbocycles. The molecule has 1 saturated carbocycles. The zero-order valence-electron chi connectivity index (χ0n) is 13.8. The molecule has 0 saturated heterocycles. The molecule has 0 aliphatic heterocycles. The Morgan fingerprint density at radius 3 is 2.33 bits per heavy atom. The summed E-state index contributed by atoms with van der Waals surface area (Å²) >= 11 is 1.50. The quantitative estimate of drug-likeness (QED) is 0.786. The van der Waals surface area contributed by atoms with Gasteiger partial charge in [-0.1, -0.05) is 34.6 Å². The number of hydrogen-bond donors (Lipinski definition) is 2. The molecule has 0 aromatic heterocycles. The second-order valence-corrected chi connectivity index (χ2v) is 8.83. The van der Waals surface area contributed by atoms with Gasteiger partial charge in [0.1, 0.15) is 5.54 Å². The minimum absolute atomic E-state index is 0.0310. The van der Waals surface area contributed by atoms with Gasteiger partial charge in [0.2, 0.25) is 5.91 Å². The molecule has 6 heteroatoms. The van der Waals surface area contributed by atoms with Crippen LogP contribution in [0.1, 0.15) is 48.0 Å². The predicted molar refractivity (Wildman–Crippen MR) is 84.5 cm³/mol. The van der Waals surface area contributed by atoms with E-state index in [9.17, 15) is 14.7 Å². The lowest BCUT2D eigenvalue weighted by atomic mass is 9.54. The van der Waals surface area contributed by atoms with E-state index in [4.69, 9.17) is 4.74 Å². The van der Waals surface area contributed by atoms with Crippen molar-refractivity contribution in [2.75, 3.05) is 12.4 Å². The van der Waals surface area contributed by atoms with Crippen molar-refractivity contribution in [3.63, 3.8) is 0 Å². The smallest absolute Gasteiger partial charge is 0.330 e. The second kappa shape index (κ2) is 6.16. The number of hydrogen-bond acceptors (Lipinski definition) is 4. The molecule has 122 valence electrons. The zero-order valence-corrected chi connectivity index (χ0v) is 14.6. The lowest BCUT2D eigenvalue weighted by Crippen LogP contribution is -2.76. The first-order valence-corrected chi connectivity index (χ1v) is 8.25. The number of rotatable bonds is 6. The molecule has 1 fully saturated rings. The Hall–Kier alpha value is -0.750. The van der Waals surface area contributed by atoms with Gasteiger partial charge >= 0.3 is 5.97 Å². The second-order valence-electron chi connectivity index (χ2n) is 7.03. The summed E-state index contributed by atoms with van der Waals surface area (Å²) in [7, 11) is 0. The van der Waals surface area contributed by atoms with Crippen LogP contribution in [-0.2, 0) is 14.3 Å². The van der Waals surface area contributed by atoms with Crippen molar-refractivity contribution in [1.82, 2.24) is 5.32 Å². The van der Waals surface area contributed by atoms with Crippen LogP contribution in [0.25, 0.3) is 0 Å². The Kier molecular flexibility index (Phi) is 5.37. The third-order valence-corrected chi connectivity index (χ3v) is 5.39. The maximum atomic E-state index is 12.1. The Bertz CT molecular complexity index is 416. The first-order valence-electron chi connectivity index (χ1n) is 7.26. The summed E-state index contributed by atoms with van der Waals surface area (Å²) in [5, 5.41) is 12.3. The zero-order chi connectivity index (χ0) is 16.5. The third kappa shape index (κ3) is 3.72. The summed E-state index contributed by atoms with van der Waals surface area (Å²) in [6.45, 7) is 12.2. The highest BCUT2D eigenvalue weighted by Gasteiger charge is 2.66. The molecular weight excluding hydrogens is 290 g/mol. The van der Waals surface area contributed by atoms with Crippen LogP contribution >= 0.6 is 11.8 Å². The van der Waals surface area contributed by atoms with E-state index in [1.54, 1.807) is 0 Å². The SMILES string of the molecule is CCOC1CC(NC(=O)CSC(C)(C)C)(C(=O)O)C1(C)C. The van der Waals surface area contributed by atoms with Crippen LogP contribution in [0.4, 0.5) is 0 Å². The van der Waals surface area contributed by atoms with E-state index in [0.29, 0.717) is 13.0 Å². The van der Waals surface area contributed by atoms with Crippen molar-refractivity contribution in [3.05, 3.63) is 0 Å². The molecule has 0 aromatic carbocycles. The molecule has 2 N–H and O–H groups in total. The topological polar surface area (TPSA) is 75.6 Å². The first kappa shape index (κ1) is 18.3. The van der Waals surface area contributed by atoms with Gasteiger partial charge in [-0.2, -0.15) is 0 Å². The van der Waals surface area contributed by atoms with Crippen molar-refractivity contribution in [2.24, 2.45) is 5.41 Å². The molecule has 0 spiro atoms. The molecule has 2 unspecified atom stereocenters. The van der Waals surface area contributed by atoms with Crippen molar-refractivity contribution >= 4 is 23.6 Å². The van der Waals surface area contributed by atoms with Crippen LogP contribution in [0, 0.1) is 5.41 Å². The van der Waals surface area contributed by atoms with Gasteiger partial charge in [0.05, 0.1) is 11.9 Å². The normalized spacial score (nSPS) is 27.8. The highest BCUT2D eigenvalue weighted by atomic mass is 32.2. The summed E-state index contributed by atoms with van der Waals surface area (Å²) in [6, 6.07) is 0. The van der Waals surface area contributed by atoms with Gasteiger partial charge < -0.3 is 15.2 Å². The van der Waals surface area contributed by atoms with Crippen LogP contribution in [0.3, 0.4) is 0 Å². The lowest BCUT2D eigenvalue weighted by molar-refractivity contribution is -0.194. The van der Waals surface area contributed by atoms with Crippen LogP contribution in [0.5, 0.6) is 0 Å². The van der Waals surface area contributed by atoms with E-state index in [-0.39, 0.29) is 22.5 Å². The monoisotopic (exact) mass is 317 g/mol. The highest BCUT2D eigenvalue weighted by molar-refractivity contribution is 8.01.